The van der Waals surface area contributed by atoms with Gasteiger partial charge in [-0.15, -0.1) is 0 Å². The molecule has 4 nitrogen and oxygen atoms in total. The van der Waals surface area contributed by atoms with Crippen LogP contribution in [0.15, 0.2) is 60.8 Å². The predicted molar refractivity (Wildman–Crippen MR) is 87.9 cm³/mol. The first-order valence-electron chi connectivity index (χ1n) is 6.75. The standard InChI is InChI=1S/C17H16N4/c1-12-5-2-8-14(11-12)20-17(18)21-15-9-3-6-13-7-4-10-19-16(13)15/h2-11H,1H3,(H3,18,20,21). The Hall–Kier alpha value is -2.88. The second-order valence-electron chi connectivity index (χ2n) is 4.88. The van der Waals surface area contributed by atoms with Crippen molar-refractivity contribution in [1.29, 1.82) is 5.41 Å². The lowest BCUT2D eigenvalue weighted by Crippen LogP contribution is -2.20. The number of aromatic nitrogens is 1. The smallest absolute Gasteiger partial charge is 0.197 e. The third kappa shape index (κ3) is 3.00. The molecule has 0 amide bonds. The third-order valence-corrected chi connectivity index (χ3v) is 3.18. The summed E-state index contributed by atoms with van der Waals surface area (Å²) >= 11 is 0. The van der Waals surface area contributed by atoms with Crippen LogP contribution in [-0.4, -0.2) is 10.9 Å². The van der Waals surface area contributed by atoms with Gasteiger partial charge in [0.05, 0.1) is 11.2 Å². The molecule has 0 saturated carbocycles. The molecular weight excluding hydrogens is 260 g/mol. The summed E-state index contributed by atoms with van der Waals surface area (Å²) in [7, 11) is 0. The Morgan fingerprint density at radius 1 is 1.00 bits per heavy atom. The van der Waals surface area contributed by atoms with E-state index >= 15 is 0 Å². The molecule has 3 rings (SSSR count). The first kappa shape index (κ1) is 13.1. The molecular formula is C17H16N4. The van der Waals surface area contributed by atoms with E-state index in [1.165, 1.54) is 0 Å². The average molecular weight is 276 g/mol. The Bertz CT molecular complexity index is 790. The van der Waals surface area contributed by atoms with Crippen molar-refractivity contribution in [3.8, 4) is 0 Å². The predicted octanol–water partition coefficient (Wildman–Crippen LogP) is 4.00. The number of guanidine groups is 1. The lowest BCUT2D eigenvalue weighted by atomic mass is 10.2. The molecule has 104 valence electrons. The van der Waals surface area contributed by atoms with E-state index < -0.39 is 0 Å². The molecule has 3 N–H and O–H groups in total. The molecule has 1 heterocycles. The number of aryl methyl sites for hydroxylation is 1. The fraction of sp³-hybridized carbons (Fsp3) is 0.0588. The van der Waals surface area contributed by atoms with Crippen LogP contribution in [0.2, 0.25) is 0 Å². The summed E-state index contributed by atoms with van der Waals surface area (Å²) in [5.41, 5.74) is 3.72. The lowest BCUT2D eigenvalue weighted by molar-refractivity contribution is 1.39. The Balaban J connectivity index is 1.80. The number of rotatable bonds is 2. The SMILES string of the molecule is Cc1cccc(NC(=N)Nc2cccc3cccnc23)c1. The van der Waals surface area contributed by atoms with Crippen LogP contribution < -0.4 is 10.6 Å². The molecule has 0 unspecified atom stereocenters. The number of para-hydroxylation sites is 1. The summed E-state index contributed by atoms with van der Waals surface area (Å²) in [6.07, 6.45) is 1.76. The number of hydrogen-bond acceptors (Lipinski definition) is 2. The topological polar surface area (TPSA) is 60.8 Å². The highest BCUT2D eigenvalue weighted by molar-refractivity contribution is 6.06. The normalized spacial score (nSPS) is 10.3. The van der Waals surface area contributed by atoms with Gasteiger partial charge in [-0.25, -0.2) is 0 Å². The number of pyridine rings is 1. The molecule has 0 spiro atoms. The first-order valence-corrected chi connectivity index (χ1v) is 6.75. The van der Waals surface area contributed by atoms with E-state index in [4.69, 9.17) is 5.41 Å². The fourth-order valence-electron chi connectivity index (χ4n) is 2.24. The summed E-state index contributed by atoms with van der Waals surface area (Å²) < 4.78 is 0. The average Bonchev–Trinajstić information content (AvgIpc) is 2.47. The van der Waals surface area contributed by atoms with Crippen molar-refractivity contribution in [2.75, 3.05) is 10.6 Å². The highest BCUT2D eigenvalue weighted by Gasteiger charge is 2.04. The van der Waals surface area contributed by atoms with Gasteiger partial charge in [-0.2, -0.15) is 0 Å². The zero-order chi connectivity index (χ0) is 14.7. The molecule has 3 aromatic rings. The van der Waals surface area contributed by atoms with Crippen LogP contribution >= 0.6 is 0 Å². The first-order chi connectivity index (χ1) is 10.2. The van der Waals surface area contributed by atoms with Gasteiger partial charge < -0.3 is 10.6 Å². The minimum absolute atomic E-state index is 0.221. The number of nitrogens with zero attached hydrogens (tertiary/aromatic N) is 1. The van der Waals surface area contributed by atoms with Crippen LogP contribution in [0.25, 0.3) is 10.9 Å². The minimum Gasteiger partial charge on any atom is -0.326 e. The van der Waals surface area contributed by atoms with Crippen molar-refractivity contribution in [3.05, 3.63) is 66.4 Å². The van der Waals surface area contributed by atoms with E-state index in [1.54, 1.807) is 6.20 Å². The number of fused-ring (bicyclic) bond motifs is 1. The van der Waals surface area contributed by atoms with Crippen molar-refractivity contribution in [2.45, 2.75) is 6.92 Å². The summed E-state index contributed by atoms with van der Waals surface area (Å²) in [5.74, 6) is 0.221. The Kier molecular flexibility index (Phi) is 3.51. The quantitative estimate of drug-likeness (QED) is 0.489. The van der Waals surface area contributed by atoms with Gasteiger partial charge >= 0.3 is 0 Å². The van der Waals surface area contributed by atoms with Crippen LogP contribution in [-0.2, 0) is 0 Å². The molecule has 0 radical (unpaired) electrons. The largest absolute Gasteiger partial charge is 0.326 e. The van der Waals surface area contributed by atoms with Crippen LogP contribution in [0.1, 0.15) is 5.56 Å². The van der Waals surface area contributed by atoms with E-state index in [0.717, 1.165) is 27.8 Å². The summed E-state index contributed by atoms with van der Waals surface area (Å²) in [5, 5.41) is 15.2. The van der Waals surface area contributed by atoms with E-state index in [9.17, 15) is 0 Å². The van der Waals surface area contributed by atoms with Crippen molar-refractivity contribution >= 4 is 28.2 Å². The lowest BCUT2D eigenvalue weighted by Gasteiger charge is -2.12. The molecule has 0 fully saturated rings. The number of nitrogens with one attached hydrogen (secondary N) is 3. The minimum atomic E-state index is 0.221. The van der Waals surface area contributed by atoms with E-state index in [1.807, 2.05) is 61.5 Å². The highest BCUT2D eigenvalue weighted by Crippen LogP contribution is 2.20. The summed E-state index contributed by atoms with van der Waals surface area (Å²) in [6, 6.07) is 17.7. The number of anilines is 2. The monoisotopic (exact) mass is 276 g/mol. The maximum Gasteiger partial charge on any atom is 0.197 e. The molecule has 1 aromatic heterocycles. The van der Waals surface area contributed by atoms with Crippen molar-refractivity contribution in [1.82, 2.24) is 4.98 Å². The number of benzene rings is 2. The maximum atomic E-state index is 8.06. The van der Waals surface area contributed by atoms with E-state index in [2.05, 4.69) is 15.6 Å². The molecule has 0 saturated heterocycles. The van der Waals surface area contributed by atoms with Gasteiger partial charge in [0.1, 0.15) is 0 Å². The highest BCUT2D eigenvalue weighted by atomic mass is 15.1. The molecule has 4 heteroatoms. The second kappa shape index (κ2) is 5.63. The van der Waals surface area contributed by atoms with Gasteiger partial charge in [-0.3, -0.25) is 10.4 Å². The molecule has 0 aliphatic heterocycles. The molecule has 21 heavy (non-hydrogen) atoms. The molecule has 2 aromatic carbocycles. The van der Waals surface area contributed by atoms with Gasteiger partial charge in [-0.1, -0.05) is 30.3 Å². The third-order valence-electron chi connectivity index (χ3n) is 3.18. The molecule has 0 aliphatic carbocycles. The summed E-state index contributed by atoms with van der Waals surface area (Å²) in [4.78, 5) is 4.37. The zero-order valence-corrected chi connectivity index (χ0v) is 11.7. The summed E-state index contributed by atoms with van der Waals surface area (Å²) in [6.45, 7) is 2.02. The van der Waals surface area contributed by atoms with E-state index in [0.29, 0.717) is 0 Å². The molecule has 0 aliphatic rings. The molecule has 0 bridgehead atoms. The molecule has 0 atom stereocenters. The Morgan fingerprint density at radius 2 is 1.81 bits per heavy atom. The van der Waals surface area contributed by atoms with Crippen LogP contribution in [0.5, 0.6) is 0 Å². The van der Waals surface area contributed by atoms with Gasteiger partial charge in [0.15, 0.2) is 5.96 Å². The maximum absolute atomic E-state index is 8.06. The van der Waals surface area contributed by atoms with Crippen molar-refractivity contribution < 1.29 is 0 Å². The zero-order valence-electron chi connectivity index (χ0n) is 11.7. The Labute approximate surface area is 123 Å². The second-order valence-corrected chi connectivity index (χ2v) is 4.88. The van der Waals surface area contributed by atoms with Gasteiger partial charge in [-0.05, 0) is 36.8 Å². The van der Waals surface area contributed by atoms with Gasteiger partial charge in [0.2, 0.25) is 0 Å². The van der Waals surface area contributed by atoms with Crippen LogP contribution in [0, 0.1) is 12.3 Å². The van der Waals surface area contributed by atoms with Gasteiger partial charge in [0, 0.05) is 17.3 Å². The Morgan fingerprint density at radius 3 is 2.67 bits per heavy atom. The number of hydrogen-bond donors (Lipinski definition) is 3. The van der Waals surface area contributed by atoms with Gasteiger partial charge in [0.25, 0.3) is 0 Å². The fourth-order valence-corrected chi connectivity index (χ4v) is 2.24. The van der Waals surface area contributed by atoms with Crippen molar-refractivity contribution in [3.63, 3.8) is 0 Å². The van der Waals surface area contributed by atoms with Crippen molar-refractivity contribution in [2.24, 2.45) is 0 Å². The van der Waals surface area contributed by atoms with Crippen LogP contribution in [0.3, 0.4) is 0 Å². The van der Waals surface area contributed by atoms with Crippen LogP contribution in [0.4, 0.5) is 11.4 Å². The van der Waals surface area contributed by atoms with E-state index in [-0.39, 0.29) is 5.96 Å².